The Labute approximate surface area is 339 Å². The first-order valence-electron chi connectivity index (χ1n) is 19.8. The van der Waals surface area contributed by atoms with E-state index >= 15 is 4.79 Å². The second-order valence-corrected chi connectivity index (χ2v) is 20.6. The van der Waals surface area contributed by atoms with Gasteiger partial charge in [-0.3, -0.25) is 14.4 Å². The molecule has 0 unspecified atom stereocenters. The summed E-state index contributed by atoms with van der Waals surface area (Å²) >= 11 is 0. The zero-order chi connectivity index (χ0) is 40.6. The maximum absolute atomic E-state index is 15.3. The normalized spacial score (nSPS) is 20.1. The van der Waals surface area contributed by atoms with E-state index in [0.717, 1.165) is 33.5 Å². The Morgan fingerprint density at radius 2 is 1.57 bits per heavy atom. The fourth-order valence-corrected chi connectivity index (χ4v) is 13.4. The Balaban J connectivity index is 1.14. The number of benzene rings is 5. The Kier molecular flexibility index (Phi) is 10.6. The van der Waals surface area contributed by atoms with Crippen LogP contribution in [-0.4, -0.2) is 66.0 Å². The zero-order valence-electron chi connectivity index (χ0n) is 33.2. The second kappa shape index (κ2) is 15.8. The highest BCUT2D eigenvalue weighted by molar-refractivity contribution is 6.91. The summed E-state index contributed by atoms with van der Waals surface area (Å²) in [5, 5.41) is 17.0. The van der Waals surface area contributed by atoms with E-state index in [4.69, 9.17) is 9.47 Å². The van der Waals surface area contributed by atoms with Gasteiger partial charge in [0.1, 0.15) is 5.75 Å². The van der Waals surface area contributed by atoms with Crippen LogP contribution in [0.4, 0.5) is 5.69 Å². The fourth-order valence-electron chi connectivity index (χ4n) is 9.34. The molecule has 11 heteroatoms. The van der Waals surface area contributed by atoms with Gasteiger partial charge in [0.25, 0.3) is 11.5 Å². The summed E-state index contributed by atoms with van der Waals surface area (Å²) < 4.78 is 14.1. The van der Waals surface area contributed by atoms with Crippen molar-refractivity contribution >= 4 is 41.5 Å². The van der Waals surface area contributed by atoms with Gasteiger partial charge in [-0.25, -0.2) is 0 Å². The largest absolute Gasteiger partial charge is 0.497 e. The minimum absolute atomic E-state index is 0.0647. The molecule has 296 valence electrons. The smallest absolute Gasteiger partial charge is 0.279 e. The van der Waals surface area contributed by atoms with Crippen molar-refractivity contribution in [2.75, 3.05) is 25.2 Å². The molecule has 2 aliphatic heterocycles. The number of amides is 2. The molecule has 10 nitrogen and oxygen atoms in total. The van der Waals surface area contributed by atoms with E-state index in [-0.39, 0.29) is 54.9 Å². The number of fused-ring (bicyclic) bond motifs is 3. The number of methoxy groups -OCH3 is 1. The van der Waals surface area contributed by atoms with E-state index in [0.29, 0.717) is 17.6 Å². The van der Waals surface area contributed by atoms with E-state index in [1.165, 1.54) is 9.87 Å². The number of aliphatic hydroxyl groups is 1. The van der Waals surface area contributed by atoms with Crippen LogP contribution in [0.3, 0.4) is 0 Å². The van der Waals surface area contributed by atoms with Gasteiger partial charge in [0.15, 0.2) is 5.60 Å². The number of para-hydroxylation sites is 1. The van der Waals surface area contributed by atoms with Crippen LogP contribution in [-0.2, 0) is 33.0 Å². The minimum Gasteiger partial charge on any atom is -0.497 e. The number of hydrogen-bond acceptors (Lipinski definition) is 7. The quantitative estimate of drug-likeness (QED) is 0.140. The molecule has 58 heavy (non-hydrogen) atoms. The lowest BCUT2D eigenvalue weighted by Crippen LogP contribution is -2.52. The van der Waals surface area contributed by atoms with Crippen LogP contribution in [0.2, 0.25) is 18.6 Å². The van der Waals surface area contributed by atoms with Gasteiger partial charge < -0.3 is 24.4 Å². The molecule has 4 atom stereocenters. The van der Waals surface area contributed by atoms with Gasteiger partial charge in [-0.15, -0.1) is 0 Å². The highest BCUT2D eigenvalue weighted by Gasteiger charge is 2.66. The first kappa shape index (κ1) is 39.0. The molecule has 0 saturated carbocycles. The van der Waals surface area contributed by atoms with Crippen molar-refractivity contribution < 1.29 is 24.2 Å². The molecule has 1 aromatic heterocycles. The molecular formula is C47H48N4O6Si. The lowest BCUT2D eigenvalue weighted by molar-refractivity contribution is -0.150. The summed E-state index contributed by atoms with van der Waals surface area (Å²) in [6.45, 7) is 7.37. The molecule has 8 rings (SSSR count). The summed E-state index contributed by atoms with van der Waals surface area (Å²) in [5.41, 5.74) is 2.37. The first-order valence-corrected chi connectivity index (χ1v) is 22.9. The third-order valence-corrected chi connectivity index (χ3v) is 16.6. The van der Waals surface area contributed by atoms with Gasteiger partial charge in [0, 0.05) is 30.0 Å². The lowest BCUT2D eigenvalue weighted by atomic mass is 9.82. The topological polar surface area (TPSA) is 114 Å². The molecule has 1 fully saturated rings. The molecule has 2 amide bonds. The second-order valence-electron chi connectivity index (χ2n) is 15.9. The van der Waals surface area contributed by atoms with Gasteiger partial charge in [0.05, 0.1) is 63.8 Å². The van der Waals surface area contributed by atoms with E-state index in [2.05, 4.69) is 37.2 Å². The van der Waals surface area contributed by atoms with Gasteiger partial charge in [0.2, 0.25) is 5.91 Å². The molecule has 0 aliphatic carbocycles. The van der Waals surface area contributed by atoms with E-state index < -0.39 is 19.8 Å². The van der Waals surface area contributed by atoms with Gasteiger partial charge in [-0.2, -0.15) is 9.78 Å². The fraction of sp³-hybridized carbons (Fsp3) is 0.277. The summed E-state index contributed by atoms with van der Waals surface area (Å²) in [6.07, 6.45) is 1.18. The summed E-state index contributed by atoms with van der Waals surface area (Å²) in [4.78, 5) is 46.4. The number of hydrogen-bond donors (Lipinski definition) is 1. The third-order valence-electron chi connectivity index (χ3n) is 12.3. The number of carbonyl (C=O) groups is 2. The van der Waals surface area contributed by atoms with Crippen molar-refractivity contribution in [1.29, 1.82) is 0 Å². The van der Waals surface area contributed by atoms with Crippen LogP contribution in [0, 0.1) is 5.92 Å². The maximum Gasteiger partial charge on any atom is 0.279 e. The summed E-state index contributed by atoms with van der Waals surface area (Å²) in [6, 6.07) is 40.7. The average Bonchev–Trinajstić information content (AvgIpc) is 3.67. The molecule has 0 radical (unpaired) electrons. The highest BCUT2D eigenvalue weighted by Crippen LogP contribution is 2.60. The van der Waals surface area contributed by atoms with Crippen molar-refractivity contribution in [3.63, 3.8) is 0 Å². The number of carbonyl (C=O) groups excluding carboxylic acids is 2. The van der Waals surface area contributed by atoms with Crippen molar-refractivity contribution in [3.8, 4) is 11.4 Å². The SMILES string of the molecule is COc1ccc([Si](C)(C)[C@H]2[C@H](CC(=O)N(CCO)Cc3ccccc3)O[C@@]3(C(=O)N(Cc4ccc(-n5ncc6ccccc6c5=O)cc4)c4ccccc43)[C@@H]2C)cc1. The molecule has 1 N–H and O–H groups in total. The molecule has 6 aromatic rings. The Hall–Kier alpha value is -5.88. The molecule has 1 spiro atoms. The van der Waals surface area contributed by atoms with E-state index in [1.54, 1.807) is 29.2 Å². The van der Waals surface area contributed by atoms with Gasteiger partial charge >= 0.3 is 0 Å². The molecule has 0 bridgehead atoms. The van der Waals surface area contributed by atoms with Crippen LogP contribution in [0.5, 0.6) is 5.75 Å². The van der Waals surface area contributed by atoms with Crippen LogP contribution < -0.4 is 20.4 Å². The number of aromatic nitrogens is 2. The minimum atomic E-state index is -2.51. The molecule has 1 saturated heterocycles. The van der Waals surface area contributed by atoms with Crippen molar-refractivity contribution in [3.05, 3.63) is 161 Å². The van der Waals surface area contributed by atoms with Gasteiger partial charge in [-0.1, -0.05) is 116 Å². The Bertz CT molecular complexity index is 2510. The average molecular weight is 793 g/mol. The van der Waals surface area contributed by atoms with Crippen LogP contribution >= 0.6 is 0 Å². The predicted octanol–water partition coefficient (Wildman–Crippen LogP) is 6.57. The van der Waals surface area contributed by atoms with Gasteiger partial charge in [-0.05, 0) is 53.1 Å². The molecule has 2 aliphatic rings. The molecule has 5 aromatic carbocycles. The van der Waals surface area contributed by atoms with Crippen molar-refractivity contribution in [2.45, 2.75) is 56.8 Å². The number of rotatable bonds is 12. The van der Waals surface area contributed by atoms with Crippen LogP contribution in [0.1, 0.15) is 30.0 Å². The number of anilines is 1. The monoisotopic (exact) mass is 792 g/mol. The Morgan fingerprint density at radius 1 is 0.879 bits per heavy atom. The van der Waals surface area contributed by atoms with Crippen LogP contribution in [0.15, 0.2) is 138 Å². The zero-order valence-corrected chi connectivity index (χ0v) is 34.2. The predicted molar refractivity (Wildman–Crippen MR) is 228 cm³/mol. The van der Waals surface area contributed by atoms with Crippen molar-refractivity contribution in [2.24, 2.45) is 5.92 Å². The first-order chi connectivity index (χ1) is 28.1. The van der Waals surface area contributed by atoms with Crippen molar-refractivity contribution in [1.82, 2.24) is 14.7 Å². The van der Waals surface area contributed by atoms with E-state index in [9.17, 15) is 14.7 Å². The molecular weight excluding hydrogens is 745 g/mol. The lowest BCUT2D eigenvalue weighted by Gasteiger charge is -2.37. The molecule has 3 heterocycles. The Morgan fingerprint density at radius 3 is 2.29 bits per heavy atom. The summed E-state index contributed by atoms with van der Waals surface area (Å²) in [7, 11) is -0.860. The van der Waals surface area contributed by atoms with Crippen LogP contribution in [0.25, 0.3) is 16.5 Å². The number of aliphatic hydroxyl groups excluding tert-OH is 1. The number of nitrogens with zero attached hydrogens (tertiary/aromatic N) is 4. The standard InChI is InChI=1S/C47H48N4O6Si/c1-32-44(58(3,4)38-24-22-37(56-2)23-25-38)42(28-43(53)49(26-27-52)30-33-12-6-5-7-13-33)57-47(32)40-16-10-11-17-41(40)50(46(47)55)31-34-18-20-36(21-19-34)51-45(54)39-15-9-8-14-35(39)29-48-51/h5-25,29,32,42,44,52H,26-28,30-31H2,1-4H3/t32-,42+,44-,47+/m1/s1. The maximum atomic E-state index is 15.3. The third kappa shape index (κ3) is 6.82. The van der Waals surface area contributed by atoms with E-state index in [1.807, 2.05) is 109 Å². The summed E-state index contributed by atoms with van der Waals surface area (Å²) in [5.74, 6) is 0.180. The number of ether oxygens (including phenoxy) is 2. The highest BCUT2D eigenvalue weighted by atomic mass is 28.3.